The third-order valence-electron chi connectivity index (χ3n) is 0.865. The Morgan fingerprint density at radius 3 is 2.27 bits per heavy atom. The predicted molar refractivity (Wildman–Crippen MR) is 37.2 cm³/mol. The molecule has 0 aliphatic heterocycles. The van der Waals surface area contributed by atoms with Crippen LogP contribution in [0, 0.1) is 0 Å². The van der Waals surface area contributed by atoms with Crippen LogP contribution in [0.1, 0.15) is 1.43 Å². The maximum atomic E-state index is 10.1. The van der Waals surface area contributed by atoms with Crippen molar-refractivity contribution in [3.63, 3.8) is 0 Å². The fourth-order valence-electron chi connectivity index (χ4n) is 0.514. The van der Waals surface area contributed by atoms with Gasteiger partial charge in [-0.25, -0.2) is 0 Å². The molecule has 0 bridgehead atoms. The predicted octanol–water partition coefficient (Wildman–Crippen LogP) is -4.13. The van der Waals surface area contributed by atoms with Crippen molar-refractivity contribution < 1.29 is 49.1 Å². The smallest absolute Gasteiger partial charge is 1.00 e. The van der Waals surface area contributed by atoms with E-state index in [-0.39, 0.29) is 44.1 Å². The van der Waals surface area contributed by atoms with E-state index >= 15 is 0 Å². The number of hydrogen-bond donors (Lipinski definition) is 2. The molecule has 0 aliphatic carbocycles. The third-order valence-corrected chi connectivity index (χ3v) is 1.63. The van der Waals surface area contributed by atoms with E-state index < -0.39 is 16.0 Å². The zero-order valence-corrected chi connectivity index (χ0v) is 9.50. The zero-order chi connectivity index (χ0) is 8.20. The summed E-state index contributed by atoms with van der Waals surface area (Å²) in [6.45, 7) is 0.117. The second kappa shape index (κ2) is 6.36. The molecular weight excluding hydrogens is 181 g/mol. The minimum Gasteiger partial charge on any atom is -1.00 e. The molecule has 0 saturated carbocycles. The first-order valence-electron chi connectivity index (χ1n) is 2.70. The Labute approximate surface area is 89.9 Å². The molecule has 64 valence electrons. The Morgan fingerprint density at radius 1 is 1.55 bits per heavy atom. The van der Waals surface area contributed by atoms with Crippen molar-refractivity contribution >= 4 is 10.1 Å². The molecule has 0 aromatic carbocycles. The molecule has 0 unspecified atom stereocenters. The van der Waals surface area contributed by atoms with Gasteiger partial charge in [-0.1, -0.05) is 0 Å². The number of hydrogen-bond acceptors (Lipinski definition) is 4. The van der Waals surface area contributed by atoms with Crippen molar-refractivity contribution in [2.45, 2.75) is 0 Å². The van der Waals surface area contributed by atoms with Crippen LogP contribution in [0.25, 0.3) is 0 Å². The van der Waals surface area contributed by atoms with Gasteiger partial charge in [-0.15, -0.1) is 0 Å². The number of rotatable bonds is 4. The monoisotopic (exact) mass is 193 g/mol. The van der Waals surface area contributed by atoms with Crippen LogP contribution in [0.5, 0.6) is 0 Å². The molecule has 0 rings (SSSR count). The summed E-state index contributed by atoms with van der Waals surface area (Å²) in [6, 6.07) is 0. The Hall–Kier alpha value is 0.830. The van der Waals surface area contributed by atoms with Crippen molar-refractivity contribution in [3.8, 4) is 0 Å². The third kappa shape index (κ3) is 10.8. The Morgan fingerprint density at radius 2 is 2.00 bits per heavy atom. The number of nitrogens with zero attached hydrogens (tertiary/aromatic N) is 1. The van der Waals surface area contributed by atoms with E-state index in [1.807, 2.05) is 0 Å². The van der Waals surface area contributed by atoms with Gasteiger partial charge in [0.2, 0.25) is 0 Å². The van der Waals surface area contributed by atoms with E-state index in [0.717, 1.165) is 0 Å². The first-order chi connectivity index (χ1) is 4.45. The van der Waals surface area contributed by atoms with Gasteiger partial charge in [-0.2, -0.15) is 8.42 Å². The molecule has 0 aromatic rings. The Kier molecular flexibility index (Phi) is 8.30. The summed E-state index contributed by atoms with van der Waals surface area (Å²) >= 11 is 0. The van der Waals surface area contributed by atoms with Gasteiger partial charge < -0.3 is 6.53 Å². The van der Waals surface area contributed by atoms with Gasteiger partial charge in [0.15, 0.2) is 0 Å². The maximum Gasteiger partial charge on any atom is 1.00 e. The van der Waals surface area contributed by atoms with Crippen LogP contribution in [0.15, 0.2) is 0 Å². The average molecular weight is 193 g/mol. The molecule has 0 heterocycles. The molecule has 7 heteroatoms. The van der Waals surface area contributed by atoms with Gasteiger partial charge in [-0.3, -0.25) is 9.45 Å². The van der Waals surface area contributed by atoms with Crippen molar-refractivity contribution in [3.05, 3.63) is 0 Å². The molecule has 0 radical (unpaired) electrons. The number of aliphatic hydroxyl groups is 1. The largest absolute Gasteiger partial charge is 1.00 e. The fraction of sp³-hybridized carbons (Fsp3) is 1.00. The van der Waals surface area contributed by atoms with Crippen LogP contribution in [-0.2, 0) is 10.1 Å². The molecule has 0 amide bonds. The molecule has 11 heavy (non-hydrogen) atoms. The second-order valence-corrected chi connectivity index (χ2v) is 3.44. The van der Waals surface area contributed by atoms with Gasteiger partial charge in [-0.05, 0) is 7.05 Å². The average Bonchev–Trinajstić information content (AvgIpc) is 1.59. The van der Waals surface area contributed by atoms with Gasteiger partial charge in [0.1, 0.15) is 5.88 Å². The summed E-state index contributed by atoms with van der Waals surface area (Å²) in [5, 5.41) is 8.32. The standard InChI is InChI=1S/C4H11NO4S.Na.H/c1-5(2-3-6)4-10(7,8)9;;/h6H,2-4H2,1H3,(H,7,8,9);;/q;+1;-1. The van der Waals surface area contributed by atoms with Crippen molar-refractivity contribution in [2.24, 2.45) is 0 Å². The van der Waals surface area contributed by atoms with Gasteiger partial charge >= 0.3 is 29.6 Å². The van der Waals surface area contributed by atoms with Crippen LogP contribution in [0.2, 0.25) is 0 Å². The van der Waals surface area contributed by atoms with E-state index in [9.17, 15) is 8.42 Å². The van der Waals surface area contributed by atoms with Crippen LogP contribution >= 0.6 is 0 Å². The molecule has 0 atom stereocenters. The molecule has 2 N–H and O–H groups in total. The summed E-state index contributed by atoms with van der Waals surface area (Å²) in [5.41, 5.74) is 0. The minimum absolute atomic E-state index is 0. The minimum atomic E-state index is -3.93. The van der Waals surface area contributed by atoms with Gasteiger partial charge in [0.25, 0.3) is 10.1 Å². The normalized spacial score (nSPS) is 11.3. The van der Waals surface area contributed by atoms with Crippen LogP contribution < -0.4 is 29.6 Å². The van der Waals surface area contributed by atoms with E-state index in [1.54, 1.807) is 0 Å². The molecule has 0 saturated heterocycles. The zero-order valence-electron chi connectivity index (χ0n) is 7.69. The summed E-state index contributed by atoms with van der Waals surface area (Å²) < 4.78 is 28.6. The van der Waals surface area contributed by atoms with Crippen LogP contribution in [0.4, 0.5) is 0 Å². The Balaban J connectivity index is -0.000000405. The summed E-state index contributed by atoms with van der Waals surface area (Å²) in [7, 11) is -2.44. The number of likely N-dealkylation sites (N-methyl/N-ethyl adjacent to an activating group) is 1. The summed E-state index contributed by atoms with van der Waals surface area (Å²) in [4.78, 5) is 1.30. The van der Waals surface area contributed by atoms with E-state index in [2.05, 4.69) is 0 Å². The second-order valence-electron chi connectivity index (χ2n) is 2.01. The topological polar surface area (TPSA) is 77.8 Å². The maximum absolute atomic E-state index is 10.1. The first kappa shape index (κ1) is 14.4. The van der Waals surface area contributed by atoms with E-state index in [0.29, 0.717) is 0 Å². The molecule has 0 aromatic heterocycles. The van der Waals surface area contributed by atoms with Crippen LogP contribution in [0.3, 0.4) is 0 Å². The quantitative estimate of drug-likeness (QED) is 0.350. The van der Waals surface area contributed by atoms with Crippen molar-refractivity contribution in [1.82, 2.24) is 4.90 Å². The molecule has 0 aliphatic rings. The summed E-state index contributed by atoms with van der Waals surface area (Å²) in [6.07, 6.45) is 0. The molecule has 5 nitrogen and oxygen atoms in total. The van der Waals surface area contributed by atoms with E-state index in [4.69, 9.17) is 9.66 Å². The van der Waals surface area contributed by atoms with Crippen LogP contribution in [-0.4, -0.2) is 49.1 Å². The SMILES string of the molecule is CN(CCO)CS(=O)(=O)O.[H-].[Na+]. The van der Waals surface area contributed by atoms with Crippen molar-refractivity contribution in [1.29, 1.82) is 0 Å². The van der Waals surface area contributed by atoms with Crippen molar-refractivity contribution in [2.75, 3.05) is 26.1 Å². The molecular formula is C4H12NNaO4S. The fourth-order valence-corrected chi connectivity index (χ4v) is 1.20. The molecule has 0 spiro atoms. The first-order valence-corrected chi connectivity index (χ1v) is 4.31. The van der Waals surface area contributed by atoms with Gasteiger partial charge in [0.05, 0.1) is 6.61 Å². The molecule has 0 fully saturated rings. The number of aliphatic hydroxyl groups excluding tert-OH is 1. The van der Waals surface area contributed by atoms with E-state index in [1.165, 1.54) is 11.9 Å². The van der Waals surface area contributed by atoms with Gasteiger partial charge in [0, 0.05) is 6.54 Å². The Bertz CT molecular complexity index is 185. The summed E-state index contributed by atoms with van der Waals surface area (Å²) in [5.74, 6) is -0.437.